The second kappa shape index (κ2) is 2.91. The van der Waals surface area contributed by atoms with Crippen molar-refractivity contribution in [3.8, 4) is 0 Å². The van der Waals surface area contributed by atoms with Crippen molar-refractivity contribution < 1.29 is 5.11 Å². The van der Waals surface area contributed by atoms with Crippen molar-refractivity contribution in [1.29, 1.82) is 0 Å². The minimum absolute atomic E-state index is 0.307. The molecule has 1 atom stereocenters. The highest BCUT2D eigenvalue weighted by Crippen LogP contribution is 2.28. The van der Waals surface area contributed by atoms with Crippen molar-refractivity contribution in [2.24, 2.45) is 0 Å². The second-order valence-corrected chi connectivity index (χ2v) is 3.51. The van der Waals surface area contributed by atoms with Gasteiger partial charge < -0.3 is 5.11 Å². The molecule has 1 nitrogen and oxygen atoms in total. The molecule has 1 aromatic carbocycles. The number of aryl methyl sites for hydroxylation is 1. The standard InChI is InChI=1S/C11H14O/c1-8(12)10-6-2-4-9-5-3-7-11(9)10/h2,4,6,8,12H,3,5,7H2,1H3/t8-/m0/s1. The van der Waals surface area contributed by atoms with Gasteiger partial charge in [0.15, 0.2) is 0 Å². The van der Waals surface area contributed by atoms with E-state index in [0.29, 0.717) is 0 Å². The van der Waals surface area contributed by atoms with Crippen LogP contribution in [0.15, 0.2) is 18.2 Å². The Kier molecular flexibility index (Phi) is 1.89. The minimum Gasteiger partial charge on any atom is -0.389 e. The molecule has 0 heterocycles. The average Bonchev–Trinajstić information content (AvgIpc) is 2.49. The van der Waals surface area contributed by atoms with Gasteiger partial charge >= 0.3 is 0 Å². The third-order valence-corrected chi connectivity index (χ3v) is 2.63. The fourth-order valence-corrected chi connectivity index (χ4v) is 2.04. The van der Waals surface area contributed by atoms with E-state index < -0.39 is 0 Å². The monoisotopic (exact) mass is 162 g/mol. The van der Waals surface area contributed by atoms with Crippen LogP contribution < -0.4 is 0 Å². The summed E-state index contributed by atoms with van der Waals surface area (Å²) >= 11 is 0. The lowest BCUT2D eigenvalue weighted by atomic mass is 10.00. The van der Waals surface area contributed by atoms with Gasteiger partial charge in [-0.3, -0.25) is 0 Å². The Morgan fingerprint density at radius 2 is 2.17 bits per heavy atom. The molecule has 0 unspecified atom stereocenters. The first-order chi connectivity index (χ1) is 5.79. The summed E-state index contributed by atoms with van der Waals surface area (Å²) in [5.41, 5.74) is 3.96. The topological polar surface area (TPSA) is 20.2 Å². The SMILES string of the molecule is C[C@H](O)c1cccc2c1CCC2. The van der Waals surface area contributed by atoms with Crippen LogP contribution in [-0.2, 0) is 12.8 Å². The summed E-state index contributed by atoms with van der Waals surface area (Å²) < 4.78 is 0. The van der Waals surface area contributed by atoms with E-state index in [-0.39, 0.29) is 6.10 Å². The molecule has 12 heavy (non-hydrogen) atoms. The molecule has 0 aromatic heterocycles. The Balaban J connectivity index is 2.49. The maximum Gasteiger partial charge on any atom is 0.0764 e. The fourth-order valence-electron chi connectivity index (χ4n) is 2.04. The largest absolute Gasteiger partial charge is 0.389 e. The van der Waals surface area contributed by atoms with Crippen LogP contribution in [0.2, 0.25) is 0 Å². The van der Waals surface area contributed by atoms with E-state index in [1.165, 1.54) is 24.0 Å². The van der Waals surface area contributed by atoms with E-state index in [1.807, 2.05) is 19.1 Å². The van der Waals surface area contributed by atoms with Crippen molar-refractivity contribution in [2.45, 2.75) is 32.3 Å². The van der Waals surface area contributed by atoms with E-state index in [2.05, 4.69) is 6.07 Å². The minimum atomic E-state index is -0.307. The molecular formula is C11H14O. The van der Waals surface area contributed by atoms with Crippen molar-refractivity contribution in [3.63, 3.8) is 0 Å². The molecule has 0 bridgehead atoms. The third-order valence-electron chi connectivity index (χ3n) is 2.63. The molecule has 1 aliphatic carbocycles. The second-order valence-electron chi connectivity index (χ2n) is 3.51. The molecule has 0 saturated heterocycles. The Labute approximate surface area is 73.0 Å². The zero-order chi connectivity index (χ0) is 8.55. The number of fused-ring (bicyclic) bond motifs is 1. The highest BCUT2D eigenvalue weighted by Gasteiger charge is 2.15. The molecule has 0 saturated carbocycles. The zero-order valence-corrected chi connectivity index (χ0v) is 7.38. The van der Waals surface area contributed by atoms with Crippen LogP contribution in [0.5, 0.6) is 0 Å². The normalized spacial score (nSPS) is 17.5. The van der Waals surface area contributed by atoms with Gasteiger partial charge in [-0.15, -0.1) is 0 Å². The van der Waals surface area contributed by atoms with E-state index in [9.17, 15) is 5.11 Å². The fraction of sp³-hybridized carbons (Fsp3) is 0.455. The maximum atomic E-state index is 9.49. The maximum absolute atomic E-state index is 9.49. The van der Waals surface area contributed by atoms with Gasteiger partial charge in [-0.25, -0.2) is 0 Å². The third kappa shape index (κ3) is 1.14. The number of hydrogen-bond donors (Lipinski definition) is 1. The summed E-state index contributed by atoms with van der Waals surface area (Å²) in [6.07, 6.45) is 3.28. The summed E-state index contributed by atoms with van der Waals surface area (Å²) in [6.45, 7) is 1.84. The van der Waals surface area contributed by atoms with E-state index >= 15 is 0 Å². The highest BCUT2D eigenvalue weighted by atomic mass is 16.3. The molecule has 0 aliphatic heterocycles. The molecule has 0 spiro atoms. The van der Waals surface area contributed by atoms with Crippen LogP contribution in [-0.4, -0.2) is 5.11 Å². The van der Waals surface area contributed by atoms with Gasteiger partial charge in [-0.05, 0) is 42.9 Å². The van der Waals surface area contributed by atoms with Gasteiger partial charge in [0.25, 0.3) is 0 Å². The predicted octanol–water partition coefficient (Wildman–Crippen LogP) is 2.23. The molecule has 0 fully saturated rings. The quantitative estimate of drug-likeness (QED) is 0.671. The number of aliphatic hydroxyl groups excluding tert-OH is 1. The zero-order valence-electron chi connectivity index (χ0n) is 7.38. The molecule has 2 rings (SSSR count). The van der Waals surface area contributed by atoms with Crippen LogP contribution >= 0.6 is 0 Å². The smallest absolute Gasteiger partial charge is 0.0764 e. The lowest BCUT2D eigenvalue weighted by molar-refractivity contribution is 0.198. The molecular weight excluding hydrogens is 148 g/mol. The van der Waals surface area contributed by atoms with Crippen molar-refractivity contribution in [3.05, 3.63) is 34.9 Å². The molecule has 0 radical (unpaired) electrons. The van der Waals surface area contributed by atoms with Crippen LogP contribution in [0, 0.1) is 0 Å². The summed E-state index contributed by atoms with van der Waals surface area (Å²) in [5.74, 6) is 0. The summed E-state index contributed by atoms with van der Waals surface area (Å²) in [6, 6.07) is 6.26. The van der Waals surface area contributed by atoms with Gasteiger partial charge in [0.1, 0.15) is 0 Å². The van der Waals surface area contributed by atoms with Gasteiger partial charge in [-0.2, -0.15) is 0 Å². The van der Waals surface area contributed by atoms with Crippen LogP contribution in [0.4, 0.5) is 0 Å². The Hall–Kier alpha value is -0.820. The molecule has 0 amide bonds. The molecule has 1 N–H and O–H groups in total. The molecule has 1 aromatic rings. The number of benzene rings is 1. The number of hydrogen-bond acceptors (Lipinski definition) is 1. The van der Waals surface area contributed by atoms with E-state index in [4.69, 9.17) is 0 Å². The summed E-state index contributed by atoms with van der Waals surface area (Å²) in [4.78, 5) is 0. The van der Waals surface area contributed by atoms with Gasteiger partial charge in [0, 0.05) is 0 Å². The van der Waals surface area contributed by atoms with E-state index in [0.717, 1.165) is 12.0 Å². The predicted molar refractivity (Wildman–Crippen MR) is 49.1 cm³/mol. The van der Waals surface area contributed by atoms with Gasteiger partial charge in [0.05, 0.1) is 6.10 Å². The van der Waals surface area contributed by atoms with E-state index in [1.54, 1.807) is 0 Å². The number of rotatable bonds is 1. The molecule has 1 aliphatic rings. The molecule has 64 valence electrons. The van der Waals surface area contributed by atoms with Crippen molar-refractivity contribution in [1.82, 2.24) is 0 Å². The lowest BCUT2D eigenvalue weighted by Gasteiger charge is -2.10. The van der Waals surface area contributed by atoms with Gasteiger partial charge in [-0.1, -0.05) is 18.2 Å². The number of aliphatic hydroxyl groups is 1. The Morgan fingerprint density at radius 1 is 1.33 bits per heavy atom. The Morgan fingerprint density at radius 3 is 2.92 bits per heavy atom. The van der Waals surface area contributed by atoms with Crippen LogP contribution in [0.25, 0.3) is 0 Å². The Bertz CT molecular complexity index is 289. The first-order valence-electron chi connectivity index (χ1n) is 4.58. The van der Waals surface area contributed by atoms with Crippen molar-refractivity contribution >= 4 is 0 Å². The first-order valence-corrected chi connectivity index (χ1v) is 4.58. The van der Waals surface area contributed by atoms with Crippen LogP contribution in [0.1, 0.15) is 36.1 Å². The summed E-state index contributed by atoms with van der Waals surface area (Å²) in [7, 11) is 0. The van der Waals surface area contributed by atoms with Crippen molar-refractivity contribution in [2.75, 3.05) is 0 Å². The average molecular weight is 162 g/mol. The van der Waals surface area contributed by atoms with Gasteiger partial charge in [0.2, 0.25) is 0 Å². The summed E-state index contributed by atoms with van der Waals surface area (Å²) in [5, 5.41) is 9.49. The van der Waals surface area contributed by atoms with Crippen LogP contribution in [0.3, 0.4) is 0 Å². The highest BCUT2D eigenvalue weighted by molar-refractivity contribution is 5.39. The molecule has 1 heteroatoms. The first kappa shape index (κ1) is 7.81. The lowest BCUT2D eigenvalue weighted by Crippen LogP contribution is -1.97.